The predicted octanol–water partition coefficient (Wildman–Crippen LogP) is 2.65. The van der Waals surface area contributed by atoms with Crippen molar-refractivity contribution in [2.24, 2.45) is 0 Å². The number of ether oxygens (including phenoxy) is 1. The van der Waals surface area contributed by atoms with Crippen LogP contribution in [0.1, 0.15) is 29.3 Å². The summed E-state index contributed by atoms with van der Waals surface area (Å²) in [6, 6.07) is 4.93. The molecule has 0 N–H and O–H groups in total. The Morgan fingerprint density at radius 2 is 2.25 bits per heavy atom. The highest BCUT2D eigenvalue weighted by Crippen LogP contribution is 2.19. The largest absolute Gasteiger partial charge is 0.462 e. The van der Waals surface area contributed by atoms with Crippen molar-refractivity contribution in [3.8, 4) is 0 Å². The van der Waals surface area contributed by atoms with Gasteiger partial charge in [-0.3, -0.25) is 0 Å². The van der Waals surface area contributed by atoms with Crippen molar-refractivity contribution in [2.45, 2.75) is 19.8 Å². The minimum absolute atomic E-state index is 0.338. The smallest absolute Gasteiger partial charge is 0.338 e. The van der Waals surface area contributed by atoms with E-state index < -0.39 is 0 Å². The molecule has 0 atom stereocenters. The number of hydrogen-bond donors (Lipinski definition) is 0. The number of hydrogen-bond acceptors (Lipinski definition) is 3. The Hall–Kier alpha value is -1.35. The van der Waals surface area contributed by atoms with Gasteiger partial charge < -0.3 is 9.53 Å². The molecule has 1 rings (SSSR count). The zero-order valence-electron chi connectivity index (χ0n) is 9.03. The Kier molecular flexibility index (Phi) is 4.99. The van der Waals surface area contributed by atoms with E-state index in [-0.39, 0.29) is 5.97 Å². The van der Waals surface area contributed by atoms with Crippen molar-refractivity contribution in [3.05, 3.63) is 34.3 Å². The van der Waals surface area contributed by atoms with E-state index in [0.717, 1.165) is 11.8 Å². The normalized spacial score (nSPS) is 9.88. The summed E-state index contributed by atoms with van der Waals surface area (Å²) in [6.07, 6.45) is 1.76. The van der Waals surface area contributed by atoms with Crippen molar-refractivity contribution < 1.29 is 14.3 Å². The summed E-state index contributed by atoms with van der Waals surface area (Å²) in [6.45, 7) is 2.09. The monoisotopic (exact) mass is 240 g/mol. The van der Waals surface area contributed by atoms with Crippen LogP contribution in [0.2, 0.25) is 5.02 Å². The molecular weight excluding hydrogens is 228 g/mol. The quantitative estimate of drug-likeness (QED) is 0.587. The number of esters is 1. The number of halogens is 1. The summed E-state index contributed by atoms with van der Waals surface area (Å²) in [7, 11) is 0. The molecule has 1 aromatic rings. The van der Waals surface area contributed by atoms with Crippen LogP contribution in [0.3, 0.4) is 0 Å². The summed E-state index contributed by atoms with van der Waals surface area (Å²) >= 11 is 5.95. The van der Waals surface area contributed by atoms with Gasteiger partial charge >= 0.3 is 5.97 Å². The van der Waals surface area contributed by atoms with Gasteiger partial charge in [-0.15, -0.1) is 0 Å². The fourth-order valence-electron chi connectivity index (χ4n) is 1.32. The maximum absolute atomic E-state index is 11.4. The molecule has 0 fully saturated rings. The predicted molar refractivity (Wildman–Crippen MR) is 61.8 cm³/mol. The summed E-state index contributed by atoms with van der Waals surface area (Å²) < 4.78 is 4.88. The standard InChI is InChI=1S/C12H13ClO3/c1-2-16-12(15)10-5-6-11(13)9(8-10)4-3-7-14/h5-8H,2-4H2,1H3. The fourth-order valence-corrected chi connectivity index (χ4v) is 1.53. The maximum atomic E-state index is 11.4. The SMILES string of the molecule is CCOC(=O)c1ccc(Cl)c(CCC=O)c1. The number of carbonyl (C=O) groups is 2. The first-order valence-electron chi connectivity index (χ1n) is 5.08. The molecule has 0 amide bonds. The summed E-state index contributed by atoms with van der Waals surface area (Å²) in [5, 5.41) is 0.565. The highest BCUT2D eigenvalue weighted by molar-refractivity contribution is 6.31. The molecular formula is C12H13ClO3. The van der Waals surface area contributed by atoms with Gasteiger partial charge in [0.25, 0.3) is 0 Å². The lowest BCUT2D eigenvalue weighted by molar-refractivity contribution is -0.107. The third-order valence-electron chi connectivity index (χ3n) is 2.09. The highest BCUT2D eigenvalue weighted by Gasteiger charge is 2.09. The van der Waals surface area contributed by atoms with Crippen LogP contribution in [0.25, 0.3) is 0 Å². The van der Waals surface area contributed by atoms with Crippen molar-refractivity contribution in [1.82, 2.24) is 0 Å². The minimum atomic E-state index is -0.369. The molecule has 0 heterocycles. The van der Waals surface area contributed by atoms with Crippen molar-refractivity contribution >= 4 is 23.9 Å². The van der Waals surface area contributed by atoms with Crippen LogP contribution in [-0.4, -0.2) is 18.9 Å². The van der Waals surface area contributed by atoms with Gasteiger partial charge in [0.05, 0.1) is 12.2 Å². The number of aryl methyl sites for hydroxylation is 1. The van der Waals surface area contributed by atoms with Gasteiger partial charge in [0, 0.05) is 11.4 Å². The van der Waals surface area contributed by atoms with Crippen LogP contribution in [-0.2, 0) is 16.0 Å². The van der Waals surface area contributed by atoms with E-state index in [9.17, 15) is 9.59 Å². The topological polar surface area (TPSA) is 43.4 Å². The van der Waals surface area contributed by atoms with E-state index in [2.05, 4.69) is 0 Å². The fraction of sp³-hybridized carbons (Fsp3) is 0.333. The third kappa shape index (κ3) is 3.35. The van der Waals surface area contributed by atoms with Gasteiger partial charge in [-0.2, -0.15) is 0 Å². The second-order valence-corrected chi connectivity index (χ2v) is 3.64. The van der Waals surface area contributed by atoms with E-state index in [1.54, 1.807) is 25.1 Å². The molecule has 1 aromatic carbocycles. The number of carbonyl (C=O) groups excluding carboxylic acids is 2. The van der Waals surface area contributed by atoms with E-state index in [4.69, 9.17) is 16.3 Å². The van der Waals surface area contributed by atoms with Crippen LogP contribution in [0, 0.1) is 0 Å². The molecule has 0 radical (unpaired) electrons. The van der Waals surface area contributed by atoms with Gasteiger partial charge in [-0.05, 0) is 37.1 Å². The molecule has 0 unspecified atom stereocenters. The van der Waals surface area contributed by atoms with Crippen molar-refractivity contribution in [3.63, 3.8) is 0 Å². The first kappa shape index (κ1) is 12.7. The molecule has 0 spiro atoms. The lowest BCUT2D eigenvalue weighted by atomic mass is 10.1. The van der Waals surface area contributed by atoms with Gasteiger partial charge in [0.1, 0.15) is 6.29 Å². The maximum Gasteiger partial charge on any atom is 0.338 e. The Labute approximate surface area is 99.4 Å². The number of aldehydes is 1. The summed E-state index contributed by atoms with van der Waals surface area (Å²) in [4.78, 5) is 21.7. The van der Waals surface area contributed by atoms with Crippen molar-refractivity contribution in [2.75, 3.05) is 6.61 Å². The second-order valence-electron chi connectivity index (χ2n) is 3.23. The van der Waals surface area contributed by atoms with Crippen LogP contribution in [0.15, 0.2) is 18.2 Å². The molecule has 0 saturated heterocycles. The molecule has 16 heavy (non-hydrogen) atoms. The summed E-state index contributed by atoms with van der Waals surface area (Å²) in [5.74, 6) is -0.369. The third-order valence-corrected chi connectivity index (χ3v) is 2.46. The molecule has 86 valence electrons. The zero-order chi connectivity index (χ0) is 12.0. The van der Waals surface area contributed by atoms with Crippen LogP contribution in [0.5, 0.6) is 0 Å². The number of rotatable bonds is 5. The highest BCUT2D eigenvalue weighted by atomic mass is 35.5. The molecule has 3 nitrogen and oxygen atoms in total. The Morgan fingerprint density at radius 3 is 2.88 bits per heavy atom. The molecule has 0 saturated carbocycles. The van der Waals surface area contributed by atoms with E-state index >= 15 is 0 Å². The van der Waals surface area contributed by atoms with Gasteiger partial charge in [0.15, 0.2) is 0 Å². The van der Waals surface area contributed by atoms with Gasteiger partial charge in [0.2, 0.25) is 0 Å². The lowest BCUT2D eigenvalue weighted by Gasteiger charge is -2.06. The summed E-state index contributed by atoms with van der Waals surface area (Å²) in [5.41, 5.74) is 1.26. The van der Waals surface area contributed by atoms with Crippen LogP contribution < -0.4 is 0 Å². The molecule has 0 bridgehead atoms. The first-order chi connectivity index (χ1) is 7.69. The average Bonchev–Trinajstić information content (AvgIpc) is 2.28. The Bertz CT molecular complexity index is 388. The van der Waals surface area contributed by atoms with Crippen molar-refractivity contribution in [1.29, 1.82) is 0 Å². The van der Waals surface area contributed by atoms with E-state index in [1.807, 2.05) is 0 Å². The molecule has 0 aliphatic carbocycles. The molecule has 0 aliphatic heterocycles. The lowest BCUT2D eigenvalue weighted by Crippen LogP contribution is -2.05. The van der Waals surface area contributed by atoms with Crippen LogP contribution in [0.4, 0.5) is 0 Å². The molecule has 4 heteroatoms. The number of benzene rings is 1. The molecule has 0 aromatic heterocycles. The molecule has 0 aliphatic rings. The van der Waals surface area contributed by atoms with Gasteiger partial charge in [-0.1, -0.05) is 11.6 Å². The minimum Gasteiger partial charge on any atom is -0.462 e. The van der Waals surface area contributed by atoms with Gasteiger partial charge in [-0.25, -0.2) is 4.79 Å². The second kappa shape index (κ2) is 6.28. The van der Waals surface area contributed by atoms with Crippen LogP contribution >= 0.6 is 11.6 Å². The Balaban J connectivity index is 2.88. The van der Waals surface area contributed by atoms with E-state index in [1.165, 1.54) is 0 Å². The Morgan fingerprint density at radius 1 is 1.50 bits per heavy atom. The average molecular weight is 241 g/mol. The first-order valence-corrected chi connectivity index (χ1v) is 5.46. The van der Waals surface area contributed by atoms with E-state index in [0.29, 0.717) is 30.0 Å². The zero-order valence-corrected chi connectivity index (χ0v) is 9.79.